The van der Waals surface area contributed by atoms with Crippen LogP contribution in [0.25, 0.3) is 0 Å². The zero-order valence-corrected chi connectivity index (χ0v) is 9.01. The first-order chi connectivity index (χ1) is 8.15. The van der Waals surface area contributed by atoms with E-state index in [2.05, 4.69) is 0 Å². The minimum Gasteiger partial charge on any atom is -0.503 e. The SMILES string of the molecule is O=C(C[n+]1cccc(O)c1)c1ccc(F)cc1. The highest BCUT2D eigenvalue weighted by Crippen LogP contribution is 2.05. The molecule has 1 heterocycles. The zero-order chi connectivity index (χ0) is 12.3. The molecule has 0 amide bonds. The Morgan fingerprint density at radius 3 is 2.59 bits per heavy atom. The lowest BCUT2D eigenvalue weighted by Gasteiger charge is -1.98. The fourth-order valence-electron chi connectivity index (χ4n) is 1.50. The highest BCUT2D eigenvalue weighted by molar-refractivity contribution is 5.94. The van der Waals surface area contributed by atoms with E-state index in [1.807, 2.05) is 0 Å². The fraction of sp³-hybridized carbons (Fsp3) is 0.0769. The second-order valence-electron chi connectivity index (χ2n) is 3.66. The number of aromatic nitrogens is 1. The Kier molecular flexibility index (Phi) is 3.14. The van der Waals surface area contributed by atoms with Crippen molar-refractivity contribution in [2.75, 3.05) is 0 Å². The molecule has 2 rings (SSSR count). The molecule has 1 aromatic carbocycles. The minimum absolute atomic E-state index is 0.0967. The van der Waals surface area contributed by atoms with Gasteiger partial charge in [-0.1, -0.05) is 0 Å². The van der Waals surface area contributed by atoms with Crippen molar-refractivity contribution in [3.63, 3.8) is 0 Å². The lowest BCUT2D eigenvalue weighted by Crippen LogP contribution is -2.36. The van der Waals surface area contributed by atoms with Crippen LogP contribution in [0, 0.1) is 5.82 Å². The molecule has 1 N–H and O–H groups in total. The average molecular weight is 232 g/mol. The number of hydrogen-bond donors (Lipinski definition) is 1. The van der Waals surface area contributed by atoms with Gasteiger partial charge in [0.1, 0.15) is 5.82 Å². The van der Waals surface area contributed by atoms with Crippen molar-refractivity contribution in [1.29, 1.82) is 0 Å². The Morgan fingerprint density at radius 1 is 1.24 bits per heavy atom. The monoisotopic (exact) mass is 232 g/mol. The summed E-state index contributed by atoms with van der Waals surface area (Å²) in [7, 11) is 0. The van der Waals surface area contributed by atoms with Gasteiger partial charge in [0, 0.05) is 11.6 Å². The molecule has 0 aliphatic rings. The summed E-state index contributed by atoms with van der Waals surface area (Å²) in [5.74, 6) is -0.411. The van der Waals surface area contributed by atoms with Gasteiger partial charge in [-0.05, 0) is 30.3 Å². The standard InChI is InChI=1S/C13H10FNO2/c14-11-5-3-10(4-6-11)13(17)9-15-7-1-2-12(16)8-15/h1-8H,9H2/p+1. The summed E-state index contributed by atoms with van der Waals surface area (Å²) in [5.41, 5.74) is 0.447. The molecule has 0 saturated carbocycles. The van der Waals surface area contributed by atoms with Crippen molar-refractivity contribution in [2.45, 2.75) is 6.54 Å². The van der Waals surface area contributed by atoms with Gasteiger partial charge in [0.15, 0.2) is 11.9 Å². The first kappa shape index (κ1) is 11.3. The van der Waals surface area contributed by atoms with Crippen LogP contribution < -0.4 is 4.57 Å². The van der Waals surface area contributed by atoms with Crippen molar-refractivity contribution >= 4 is 5.78 Å². The van der Waals surface area contributed by atoms with Gasteiger partial charge in [-0.15, -0.1) is 0 Å². The Hall–Kier alpha value is -2.23. The molecule has 0 aliphatic heterocycles. The Bertz CT molecular complexity index is 537. The number of ketones is 1. The molecule has 0 unspecified atom stereocenters. The number of halogens is 1. The van der Waals surface area contributed by atoms with Gasteiger partial charge in [-0.25, -0.2) is 4.39 Å². The zero-order valence-electron chi connectivity index (χ0n) is 9.01. The molecule has 0 aliphatic carbocycles. The first-order valence-corrected chi connectivity index (χ1v) is 5.12. The van der Waals surface area contributed by atoms with Crippen LogP contribution in [0.5, 0.6) is 5.75 Å². The predicted octanol–water partition coefficient (Wildman–Crippen LogP) is 1.70. The molecule has 86 valence electrons. The van der Waals surface area contributed by atoms with Crippen molar-refractivity contribution in [3.05, 3.63) is 60.2 Å². The highest BCUT2D eigenvalue weighted by Gasteiger charge is 2.12. The Labute approximate surface area is 97.8 Å². The average Bonchev–Trinajstić information content (AvgIpc) is 2.29. The van der Waals surface area contributed by atoms with Crippen LogP contribution in [-0.2, 0) is 6.54 Å². The second kappa shape index (κ2) is 4.74. The number of carbonyl (C=O) groups is 1. The lowest BCUT2D eigenvalue weighted by atomic mass is 10.1. The lowest BCUT2D eigenvalue weighted by molar-refractivity contribution is -0.683. The number of hydrogen-bond acceptors (Lipinski definition) is 2. The van der Waals surface area contributed by atoms with Gasteiger partial charge in [-0.3, -0.25) is 4.79 Å². The molecule has 0 atom stereocenters. The van der Waals surface area contributed by atoms with E-state index in [-0.39, 0.29) is 23.9 Å². The van der Waals surface area contributed by atoms with Crippen molar-refractivity contribution in [2.24, 2.45) is 0 Å². The molecule has 0 bridgehead atoms. The summed E-state index contributed by atoms with van der Waals surface area (Å²) >= 11 is 0. The Balaban J connectivity index is 2.14. The van der Waals surface area contributed by atoms with Gasteiger partial charge < -0.3 is 5.11 Å². The van der Waals surface area contributed by atoms with Gasteiger partial charge in [0.25, 0.3) is 0 Å². The molecule has 0 spiro atoms. The number of benzene rings is 1. The number of rotatable bonds is 3. The third-order valence-corrected chi connectivity index (χ3v) is 2.33. The number of pyridine rings is 1. The van der Waals surface area contributed by atoms with Crippen LogP contribution in [0.2, 0.25) is 0 Å². The predicted molar refractivity (Wildman–Crippen MR) is 59.0 cm³/mol. The largest absolute Gasteiger partial charge is 0.503 e. The highest BCUT2D eigenvalue weighted by atomic mass is 19.1. The second-order valence-corrected chi connectivity index (χ2v) is 3.66. The van der Waals surface area contributed by atoms with E-state index in [0.717, 1.165) is 0 Å². The minimum atomic E-state index is -0.369. The van der Waals surface area contributed by atoms with Crippen molar-refractivity contribution in [3.8, 4) is 5.75 Å². The Morgan fingerprint density at radius 2 is 1.94 bits per heavy atom. The van der Waals surface area contributed by atoms with E-state index >= 15 is 0 Å². The van der Waals surface area contributed by atoms with Gasteiger partial charge in [0.05, 0.1) is 0 Å². The summed E-state index contributed by atoms with van der Waals surface area (Å²) in [6, 6.07) is 8.56. The molecule has 1 aromatic heterocycles. The van der Waals surface area contributed by atoms with Gasteiger partial charge in [-0.2, -0.15) is 4.57 Å². The van der Waals surface area contributed by atoms with E-state index in [0.29, 0.717) is 5.56 Å². The number of nitrogens with zero attached hydrogens (tertiary/aromatic N) is 1. The normalized spacial score (nSPS) is 10.2. The summed E-state index contributed by atoms with van der Waals surface area (Å²) in [5, 5.41) is 9.25. The summed E-state index contributed by atoms with van der Waals surface area (Å²) < 4.78 is 14.3. The molecule has 17 heavy (non-hydrogen) atoms. The maximum atomic E-state index is 12.7. The van der Waals surface area contributed by atoms with Gasteiger partial charge >= 0.3 is 0 Å². The van der Waals surface area contributed by atoms with Crippen LogP contribution in [0.3, 0.4) is 0 Å². The van der Waals surface area contributed by atoms with E-state index in [4.69, 9.17) is 0 Å². The molecule has 4 heteroatoms. The van der Waals surface area contributed by atoms with Crippen LogP contribution in [0.15, 0.2) is 48.8 Å². The topological polar surface area (TPSA) is 41.2 Å². The molecule has 0 fully saturated rings. The van der Waals surface area contributed by atoms with E-state index in [9.17, 15) is 14.3 Å². The van der Waals surface area contributed by atoms with Gasteiger partial charge in [0.2, 0.25) is 18.5 Å². The summed E-state index contributed by atoms with van der Waals surface area (Å²) in [6.07, 6.45) is 3.14. The van der Waals surface area contributed by atoms with Crippen LogP contribution in [0.1, 0.15) is 10.4 Å². The maximum Gasteiger partial charge on any atom is 0.227 e. The third-order valence-electron chi connectivity index (χ3n) is 2.33. The third kappa shape index (κ3) is 2.87. The number of aromatic hydroxyl groups is 1. The number of Topliss-reactive ketones (excluding diaryl/α,β-unsaturated/α-hetero) is 1. The van der Waals surface area contributed by atoms with Crippen molar-refractivity contribution in [1.82, 2.24) is 0 Å². The van der Waals surface area contributed by atoms with E-state index < -0.39 is 0 Å². The quantitative estimate of drug-likeness (QED) is 0.646. The summed E-state index contributed by atoms with van der Waals surface area (Å²) in [4.78, 5) is 11.8. The molecule has 2 aromatic rings. The molecular formula is C13H11FNO2+. The van der Waals surface area contributed by atoms with Crippen LogP contribution in [0.4, 0.5) is 4.39 Å². The smallest absolute Gasteiger partial charge is 0.227 e. The van der Waals surface area contributed by atoms with E-state index in [1.54, 1.807) is 16.8 Å². The van der Waals surface area contributed by atoms with Crippen molar-refractivity contribution < 1.29 is 18.9 Å². The molecule has 0 saturated heterocycles. The summed E-state index contributed by atoms with van der Waals surface area (Å²) in [6.45, 7) is 0.111. The van der Waals surface area contributed by atoms with Crippen LogP contribution in [-0.4, -0.2) is 10.9 Å². The first-order valence-electron chi connectivity index (χ1n) is 5.12. The fourth-order valence-corrected chi connectivity index (χ4v) is 1.50. The van der Waals surface area contributed by atoms with Crippen LogP contribution >= 0.6 is 0 Å². The maximum absolute atomic E-state index is 12.7. The molecular weight excluding hydrogens is 221 g/mol. The molecule has 3 nitrogen and oxygen atoms in total. The number of carbonyl (C=O) groups excluding carboxylic acids is 1. The van der Waals surface area contributed by atoms with E-state index in [1.165, 1.54) is 36.5 Å². The molecule has 0 radical (unpaired) electrons.